The van der Waals surface area contributed by atoms with Crippen LogP contribution >= 0.6 is 0 Å². The van der Waals surface area contributed by atoms with Gasteiger partial charge in [-0.25, -0.2) is 0 Å². The number of hydrogen-bond donors (Lipinski definition) is 1. The van der Waals surface area contributed by atoms with Gasteiger partial charge in [-0.15, -0.1) is 0 Å². The van der Waals surface area contributed by atoms with Crippen LogP contribution in [0, 0.1) is 12.5 Å². The Balaban J connectivity index is 2.84. The third-order valence-electron chi connectivity index (χ3n) is 1.71. The van der Waals surface area contributed by atoms with Gasteiger partial charge in [0.25, 0.3) is 0 Å². The molecule has 0 aliphatic heterocycles. The van der Waals surface area contributed by atoms with Crippen LogP contribution in [0.4, 0.5) is 5.69 Å². The molecule has 0 radical (unpaired) electrons. The van der Waals surface area contributed by atoms with Gasteiger partial charge in [-0.05, 0) is 18.2 Å². The van der Waals surface area contributed by atoms with Crippen LogP contribution in [-0.4, -0.2) is 9.78 Å². The Hall–Kier alpha value is -1.95. The van der Waals surface area contributed by atoms with Gasteiger partial charge < -0.3 is 5.73 Å². The van der Waals surface area contributed by atoms with Crippen molar-refractivity contribution in [2.45, 2.75) is 0 Å². The second-order valence-electron chi connectivity index (χ2n) is 2.50. The van der Waals surface area contributed by atoms with E-state index in [1.54, 1.807) is 12.3 Å². The van der Waals surface area contributed by atoms with Crippen LogP contribution in [0.5, 0.6) is 0 Å². The predicted molar refractivity (Wildman–Crippen MR) is 48.4 cm³/mol. The summed E-state index contributed by atoms with van der Waals surface area (Å²) in [6, 6.07) is 7.94. The maximum Gasteiger partial charge on any atom is 0.0835 e. The van der Waals surface area contributed by atoms with Gasteiger partial charge in [-0.3, -0.25) is 0 Å². The molecule has 0 unspecified atom stereocenters. The van der Waals surface area contributed by atoms with Gasteiger partial charge in [0.2, 0.25) is 0 Å². The van der Waals surface area contributed by atoms with E-state index in [2.05, 4.69) is 11.1 Å². The minimum Gasteiger partial charge on any atom is -0.399 e. The second kappa shape index (κ2) is 2.28. The fraction of sp³-hybridized carbons (Fsp3) is 0. The van der Waals surface area contributed by atoms with E-state index in [4.69, 9.17) is 12.2 Å². The minimum atomic E-state index is 0.721. The number of nitrogens with zero attached hydrogens (tertiary/aromatic N) is 2. The molecule has 0 fully saturated rings. The molecule has 0 amide bonds. The Labute approximate surface area is 69.8 Å². The van der Waals surface area contributed by atoms with Gasteiger partial charge in [0.15, 0.2) is 0 Å². The zero-order valence-corrected chi connectivity index (χ0v) is 6.36. The van der Waals surface area contributed by atoms with E-state index in [0.29, 0.717) is 0 Å². The summed E-state index contributed by atoms with van der Waals surface area (Å²) < 4.78 is 1.48. The first-order valence-corrected chi connectivity index (χ1v) is 3.51. The van der Waals surface area contributed by atoms with Crippen molar-refractivity contribution in [3.63, 3.8) is 0 Å². The number of anilines is 1. The van der Waals surface area contributed by atoms with Gasteiger partial charge in [0.05, 0.1) is 11.7 Å². The molecule has 2 N–H and O–H groups in total. The lowest BCUT2D eigenvalue weighted by Gasteiger charge is -1.93. The van der Waals surface area contributed by atoms with E-state index in [-0.39, 0.29) is 0 Å². The number of aromatic nitrogens is 2. The molecule has 0 atom stereocenters. The van der Waals surface area contributed by atoms with E-state index < -0.39 is 0 Å². The van der Waals surface area contributed by atoms with Crippen LogP contribution in [0.3, 0.4) is 0 Å². The van der Waals surface area contributed by atoms with Crippen LogP contribution in [0.2, 0.25) is 0 Å². The van der Waals surface area contributed by atoms with Crippen LogP contribution in [0.15, 0.2) is 24.4 Å². The first kappa shape index (κ1) is 6.74. The third-order valence-corrected chi connectivity index (χ3v) is 1.71. The van der Waals surface area contributed by atoms with Crippen LogP contribution in [0.1, 0.15) is 0 Å². The molecule has 0 bridgehead atoms. The number of nitrogen functional groups attached to an aromatic ring is 1. The molecule has 58 valence electrons. The lowest BCUT2D eigenvalue weighted by Crippen LogP contribution is -1.89. The van der Waals surface area contributed by atoms with Crippen molar-refractivity contribution < 1.29 is 0 Å². The average molecular weight is 157 g/mol. The fourth-order valence-corrected chi connectivity index (χ4v) is 1.15. The number of benzene rings is 1. The topological polar surface area (TPSA) is 43.8 Å². The SMILES string of the molecule is C#Cn1ncc2cc(N)ccc21. The summed E-state index contributed by atoms with van der Waals surface area (Å²) in [4.78, 5) is 0. The van der Waals surface area contributed by atoms with Crippen molar-refractivity contribution in [3.8, 4) is 12.5 Å². The van der Waals surface area contributed by atoms with Gasteiger partial charge in [0.1, 0.15) is 0 Å². The molecule has 1 aromatic heterocycles. The lowest BCUT2D eigenvalue weighted by molar-refractivity contribution is 0.949. The van der Waals surface area contributed by atoms with Crippen LogP contribution < -0.4 is 5.73 Å². The van der Waals surface area contributed by atoms with E-state index in [1.807, 2.05) is 12.1 Å². The van der Waals surface area contributed by atoms with E-state index in [9.17, 15) is 0 Å². The smallest absolute Gasteiger partial charge is 0.0835 e. The van der Waals surface area contributed by atoms with E-state index in [1.165, 1.54) is 4.68 Å². The predicted octanol–water partition coefficient (Wildman–Crippen LogP) is 1.06. The Morgan fingerprint density at radius 3 is 3.08 bits per heavy atom. The summed E-state index contributed by atoms with van der Waals surface area (Å²) >= 11 is 0. The number of rotatable bonds is 0. The Morgan fingerprint density at radius 2 is 2.33 bits per heavy atom. The molecule has 3 nitrogen and oxygen atoms in total. The van der Waals surface area contributed by atoms with Gasteiger partial charge in [0, 0.05) is 17.1 Å². The molecule has 2 rings (SSSR count). The van der Waals surface area contributed by atoms with Crippen molar-refractivity contribution in [2.75, 3.05) is 5.73 Å². The molecule has 0 aliphatic rings. The summed E-state index contributed by atoms with van der Waals surface area (Å²) in [7, 11) is 0. The highest BCUT2D eigenvalue weighted by Crippen LogP contribution is 2.15. The molecule has 1 heterocycles. The van der Waals surface area contributed by atoms with Crippen molar-refractivity contribution in [2.24, 2.45) is 0 Å². The molecule has 2 aromatic rings. The van der Waals surface area contributed by atoms with Crippen molar-refractivity contribution in [1.82, 2.24) is 9.78 Å². The number of hydrogen-bond acceptors (Lipinski definition) is 2. The van der Waals surface area contributed by atoms with Crippen molar-refractivity contribution >= 4 is 16.6 Å². The Bertz CT molecular complexity index is 462. The molecule has 1 aromatic carbocycles. The summed E-state index contributed by atoms with van der Waals surface area (Å²) in [5, 5.41) is 4.95. The summed E-state index contributed by atoms with van der Waals surface area (Å²) in [5.41, 5.74) is 7.22. The summed E-state index contributed by atoms with van der Waals surface area (Å²) in [6.07, 6.45) is 6.92. The van der Waals surface area contributed by atoms with Crippen molar-refractivity contribution in [3.05, 3.63) is 24.4 Å². The molecular weight excluding hydrogens is 150 g/mol. The second-order valence-corrected chi connectivity index (χ2v) is 2.50. The highest BCUT2D eigenvalue weighted by molar-refractivity contribution is 5.82. The monoisotopic (exact) mass is 157 g/mol. The first-order chi connectivity index (χ1) is 5.81. The highest BCUT2D eigenvalue weighted by Gasteiger charge is 1.99. The fourth-order valence-electron chi connectivity index (χ4n) is 1.15. The lowest BCUT2D eigenvalue weighted by atomic mass is 10.2. The number of fused-ring (bicyclic) bond motifs is 1. The van der Waals surface area contributed by atoms with E-state index in [0.717, 1.165) is 16.6 Å². The Kier molecular flexibility index (Phi) is 1.28. The van der Waals surface area contributed by atoms with Gasteiger partial charge >= 0.3 is 0 Å². The summed E-state index contributed by atoms with van der Waals surface area (Å²) in [6.45, 7) is 0. The zero-order chi connectivity index (χ0) is 8.55. The minimum absolute atomic E-state index is 0.721. The van der Waals surface area contributed by atoms with Gasteiger partial charge in [-0.2, -0.15) is 9.78 Å². The van der Waals surface area contributed by atoms with Crippen LogP contribution in [-0.2, 0) is 0 Å². The first-order valence-electron chi connectivity index (χ1n) is 3.51. The number of terminal acetylenes is 1. The zero-order valence-electron chi connectivity index (χ0n) is 6.36. The Morgan fingerprint density at radius 1 is 1.50 bits per heavy atom. The molecule has 3 heteroatoms. The highest BCUT2D eigenvalue weighted by atomic mass is 15.3. The normalized spacial score (nSPS) is 9.92. The molecule has 12 heavy (non-hydrogen) atoms. The summed E-state index contributed by atoms with van der Waals surface area (Å²) in [5.74, 6) is 0. The largest absolute Gasteiger partial charge is 0.399 e. The molecule has 0 saturated carbocycles. The maximum absolute atomic E-state index is 5.59. The number of nitrogens with two attached hydrogens (primary N) is 1. The molecule has 0 aliphatic carbocycles. The standard InChI is InChI=1S/C9H7N3/c1-2-12-9-4-3-8(10)5-7(9)6-11-12/h1,3-6H,10H2. The quantitative estimate of drug-likeness (QED) is 0.459. The van der Waals surface area contributed by atoms with Crippen LogP contribution in [0.25, 0.3) is 10.9 Å². The molecule has 0 spiro atoms. The third kappa shape index (κ3) is 0.823. The average Bonchev–Trinajstić information content (AvgIpc) is 2.46. The van der Waals surface area contributed by atoms with E-state index >= 15 is 0 Å². The molecule has 0 saturated heterocycles. The van der Waals surface area contributed by atoms with Gasteiger partial charge in [-0.1, -0.05) is 6.42 Å². The molecular formula is C9H7N3. The van der Waals surface area contributed by atoms with Crippen molar-refractivity contribution in [1.29, 1.82) is 0 Å². The maximum atomic E-state index is 5.59.